The quantitative estimate of drug-likeness (QED) is 0.518. The average Bonchev–Trinajstić information content (AvgIpc) is 2.63. The Balaban J connectivity index is 2.27. The van der Waals surface area contributed by atoms with E-state index in [1.807, 2.05) is 0 Å². The van der Waals surface area contributed by atoms with Crippen molar-refractivity contribution in [2.24, 2.45) is 0 Å². The first-order valence-corrected chi connectivity index (χ1v) is 5.26. The van der Waals surface area contributed by atoms with Crippen LogP contribution >= 0.6 is 11.6 Å². The van der Waals surface area contributed by atoms with Crippen LogP contribution in [0.1, 0.15) is 24.6 Å². The van der Waals surface area contributed by atoms with Gasteiger partial charge in [-0.05, 0) is 12.8 Å². The minimum absolute atomic E-state index is 0.626. The molecule has 0 fully saturated rings. The van der Waals surface area contributed by atoms with Gasteiger partial charge in [-0.2, -0.15) is 0 Å². The summed E-state index contributed by atoms with van der Waals surface area (Å²) < 4.78 is 10.3. The van der Waals surface area contributed by atoms with Gasteiger partial charge in [0.1, 0.15) is 0 Å². The van der Waals surface area contributed by atoms with Crippen molar-refractivity contribution in [3.05, 3.63) is 11.8 Å². The highest BCUT2D eigenvalue weighted by Crippen LogP contribution is 2.05. The van der Waals surface area contributed by atoms with Crippen LogP contribution in [0.3, 0.4) is 0 Å². The highest BCUT2D eigenvalue weighted by atomic mass is 35.5. The second-order valence-electron chi connectivity index (χ2n) is 2.98. The van der Waals surface area contributed by atoms with Crippen molar-refractivity contribution in [2.75, 3.05) is 19.6 Å². The Morgan fingerprint density at radius 3 is 2.43 bits per heavy atom. The number of aryl methyl sites for hydroxylation is 2. The zero-order chi connectivity index (χ0) is 10.2. The highest BCUT2D eigenvalue weighted by molar-refractivity contribution is 6.17. The van der Waals surface area contributed by atoms with Crippen LogP contribution in [-0.4, -0.2) is 29.8 Å². The molecule has 0 amide bonds. The smallest absolute Gasteiger partial charge is 0.216 e. The third-order valence-corrected chi connectivity index (χ3v) is 2.04. The van der Waals surface area contributed by atoms with Gasteiger partial charge in [-0.15, -0.1) is 21.8 Å². The molecule has 0 spiro atoms. The predicted octanol–water partition coefficient (Wildman–Crippen LogP) is 1.82. The summed E-state index contributed by atoms with van der Waals surface area (Å²) in [4.78, 5) is 0. The second-order valence-corrected chi connectivity index (χ2v) is 3.36. The van der Waals surface area contributed by atoms with Gasteiger partial charge in [-0.25, -0.2) is 0 Å². The van der Waals surface area contributed by atoms with E-state index in [-0.39, 0.29) is 0 Å². The summed E-state index contributed by atoms with van der Waals surface area (Å²) in [5.41, 5.74) is 0. The largest absolute Gasteiger partial charge is 0.425 e. The van der Waals surface area contributed by atoms with Gasteiger partial charge in [0.05, 0.1) is 0 Å². The number of alkyl halides is 1. The van der Waals surface area contributed by atoms with Crippen LogP contribution in [0, 0.1) is 0 Å². The van der Waals surface area contributed by atoms with E-state index in [1.54, 1.807) is 7.11 Å². The van der Waals surface area contributed by atoms with Crippen molar-refractivity contribution in [3.8, 4) is 0 Å². The van der Waals surface area contributed by atoms with Crippen molar-refractivity contribution >= 4 is 11.6 Å². The molecular formula is C9H15ClN2O2. The molecule has 0 N–H and O–H groups in total. The molecule has 5 heteroatoms. The number of halogens is 1. The molecule has 0 atom stereocenters. The molecule has 0 saturated heterocycles. The third kappa shape index (κ3) is 4.07. The van der Waals surface area contributed by atoms with Gasteiger partial charge in [0.2, 0.25) is 11.8 Å². The van der Waals surface area contributed by atoms with Crippen molar-refractivity contribution in [1.29, 1.82) is 0 Å². The summed E-state index contributed by atoms with van der Waals surface area (Å²) in [7, 11) is 1.68. The molecule has 1 aromatic rings. The van der Waals surface area contributed by atoms with E-state index in [4.69, 9.17) is 20.8 Å². The lowest BCUT2D eigenvalue weighted by Crippen LogP contribution is -1.92. The maximum Gasteiger partial charge on any atom is 0.216 e. The molecule has 0 aliphatic rings. The van der Waals surface area contributed by atoms with Crippen LogP contribution < -0.4 is 0 Å². The zero-order valence-electron chi connectivity index (χ0n) is 8.33. The normalized spacial score (nSPS) is 10.7. The lowest BCUT2D eigenvalue weighted by molar-refractivity contribution is 0.192. The van der Waals surface area contributed by atoms with Crippen molar-refractivity contribution in [1.82, 2.24) is 10.2 Å². The standard InChI is InChI=1S/C9H15ClN2O2/c1-13-7-3-5-9-12-11-8(14-9)4-2-6-10/h2-7H2,1H3. The summed E-state index contributed by atoms with van der Waals surface area (Å²) in [6.45, 7) is 0.722. The van der Waals surface area contributed by atoms with E-state index >= 15 is 0 Å². The maximum absolute atomic E-state index is 5.55. The Morgan fingerprint density at radius 2 is 1.86 bits per heavy atom. The minimum Gasteiger partial charge on any atom is -0.425 e. The van der Waals surface area contributed by atoms with E-state index in [2.05, 4.69) is 10.2 Å². The van der Waals surface area contributed by atoms with Gasteiger partial charge in [0, 0.05) is 32.4 Å². The SMILES string of the molecule is COCCCc1nnc(CCCCl)o1. The minimum atomic E-state index is 0.626. The first-order chi connectivity index (χ1) is 6.86. The van der Waals surface area contributed by atoms with Crippen LogP contribution in [0.4, 0.5) is 0 Å². The summed E-state index contributed by atoms with van der Waals surface area (Å²) >= 11 is 5.55. The molecule has 4 nitrogen and oxygen atoms in total. The molecule has 0 bridgehead atoms. The zero-order valence-corrected chi connectivity index (χ0v) is 9.09. The Morgan fingerprint density at radius 1 is 1.21 bits per heavy atom. The Bertz CT molecular complexity index is 253. The van der Waals surface area contributed by atoms with Crippen LogP contribution in [0.15, 0.2) is 4.42 Å². The van der Waals surface area contributed by atoms with Gasteiger partial charge in [0.25, 0.3) is 0 Å². The number of aromatic nitrogens is 2. The number of methoxy groups -OCH3 is 1. The summed E-state index contributed by atoms with van der Waals surface area (Å²) in [6.07, 6.45) is 3.33. The number of hydrogen-bond acceptors (Lipinski definition) is 4. The lowest BCUT2D eigenvalue weighted by atomic mass is 10.3. The molecule has 14 heavy (non-hydrogen) atoms. The van der Waals surface area contributed by atoms with Gasteiger partial charge in [0.15, 0.2) is 0 Å². The molecule has 0 unspecified atom stereocenters. The fourth-order valence-corrected chi connectivity index (χ4v) is 1.21. The first kappa shape index (κ1) is 11.5. The summed E-state index contributed by atoms with van der Waals surface area (Å²) in [5.74, 6) is 1.99. The highest BCUT2D eigenvalue weighted by Gasteiger charge is 2.04. The Kier molecular flexibility index (Phi) is 5.56. The molecule has 0 radical (unpaired) electrons. The van der Waals surface area contributed by atoms with Gasteiger partial charge in [-0.3, -0.25) is 0 Å². The molecule has 1 aromatic heterocycles. The molecule has 0 saturated carbocycles. The van der Waals surface area contributed by atoms with E-state index in [0.717, 1.165) is 32.3 Å². The number of ether oxygens (including phenoxy) is 1. The van der Waals surface area contributed by atoms with Crippen LogP contribution in [0.2, 0.25) is 0 Å². The van der Waals surface area contributed by atoms with Gasteiger partial charge in [-0.1, -0.05) is 0 Å². The molecule has 1 heterocycles. The van der Waals surface area contributed by atoms with Crippen LogP contribution in [-0.2, 0) is 17.6 Å². The summed E-state index contributed by atoms with van der Waals surface area (Å²) in [5, 5.41) is 7.84. The molecule has 0 aliphatic heterocycles. The summed E-state index contributed by atoms with van der Waals surface area (Å²) in [6, 6.07) is 0. The van der Waals surface area contributed by atoms with Gasteiger partial charge < -0.3 is 9.15 Å². The van der Waals surface area contributed by atoms with Crippen molar-refractivity contribution < 1.29 is 9.15 Å². The van der Waals surface area contributed by atoms with Crippen LogP contribution in [0.25, 0.3) is 0 Å². The van der Waals surface area contributed by atoms with E-state index in [1.165, 1.54) is 0 Å². The maximum atomic E-state index is 5.55. The predicted molar refractivity (Wildman–Crippen MR) is 53.5 cm³/mol. The molecule has 0 aromatic carbocycles. The van der Waals surface area contributed by atoms with Gasteiger partial charge >= 0.3 is 0 Å². The lowest BCUT2D eigenvalue weighted by Gasteiger charge is -1.94. The van der Waals surface area contributed by atoms with Crippen molar-refractivity contribution in [2.45, 2.75) is 25.7 Å². The number of rotatable bonds is 7. The monoisotopic (exact) mass is 218 g/mol. The Labute approximate surface area is 88.6 Å². The van der Waals surface area contributed by atoms with E-state index in [0.29, 0.717) is 17.7 Å². The Hall–Kier alpha value is -0.610. The first-order valence-electron chi connectivity index (χ1n) is 4.73. The third-order valence-electron chi connectivity index (χ3n) is 1.77. The fourth-order valence-electron chi connectivity index (χ4n) is 1.08. The molecule has 1 rings (SSSR count). The van der Waals surface area contributed by atoms with Crippen LogP contribution in [0.5, 0.6) is 0 Å². The van der Waals surface area contributed by atoms with E-state index < -0.39 is 0 Å². The number of nitrogens with zero attached hydrogens (tertiary/aromatic N) is 2. The van der Waals surface area contributed by atoms with E-state index in [9.17, 15) is 0 Å². The topological polar surface area (TPSA) is 48.2 Å². The average molecular weight is 219 g/mol. The van der Waals surface area contributed by atoms with Crippen molar-refractivity contribution in [3.63, 3.8) is 0 Å². The molecule has 80 valence electrons. The second kappa shape index (κ2) is 6.79. The fraction of sp³-hybridized carbons (Fsp3) is 0.778. The number of hydrogen-bond donors (Lipinski definition) is 0. The molecular weight excluding hydrogens is 204 g/mol. The molecule has 0 aliphatic carbocycles.